The van der Waals surface area contributed by atoms with Crippen molar-refractivity contribution in [1.29, 1.82) is 0 Å². The van der Waals surface area contributed by atoms with Crippen LogP contribution in [0.1, 0.15) is 42.6 Å². The van der Waals surface area contributed by atoms with E-state index in [1.807, 2.05) is 24.3 Å². The average molecular weight is 341 g/mol. The number of hydrogen-bond donors (Lipinski definition) is 2. The second kappa shape index (κ2) is 7.08. The van der Waals surface area contributed by atoms with Gasteiger partial charge in [0.25, 0.3) is 5.91 Å². The Kier molecular flexibility index (Phi) is 4.66. The fourth-order valence-corrected chi connectivity index (χ4v) is 4.49. The van der Waals surface area contributed by atoms with Crippen molar-refractivity contribution in [2.24, 2.45) is 5.92 Å². The van der Waals surface area contributed by atoms with E-state index in [9.17, 15) is 4.79 Å². The zero-order valence-corrected chi connectivity index (χ0v) is 14.9. The molecule has 1 amide bonds. The highest BCUT2D eigenvalue weighted by molar-refractivity contribution is 5.98. The lowest BCUT2D eigenvalue weighted by molar-refractivity contribution is 0.0575. The topological polar surface area (TPSA) is 57.4 Å². The van der Waals surface area contributed by atoms with Crippen LogP contribution in [0.2, 0.25) is 0 Å². The number of fused-ring (bicyclic) bond motifs is 2. The van der Waals surface area contributed by atoms with Crippen molar-refractivity contribution in [1.82, 2.24) is 15.2 Å². The third-order valence-electron chi connectivity index (χ3n) is 5.83. The van der Waals surface area contributed by atoms with E-state index in [4.69, 9.17) is 4.74 Å². The number of amides is 1. The van der Waals surface area contributed by atoms with Gasteiger partial charge in [-0.15, -0.1) is 0 Å². The Morgan fingerprint density at radius 3 is 3.00 bits per heavy atom. The van der Waals surface area contributed by atoms with Crippen LogP contribution >= 0.6 is 0 Å². The Balaban J connectivity index is 1.41. The largest absolute Gasteiger partial charge is 0.497 e. The molecule has 0 aliphatic carbocycles. The molecule has 2 aromatic rings. The molecule has 2 saturated heterocycles. The molecule has 5 heteroatoms. The first-order chi connectivity index (χ1) is 12.2. The minimum absolute atomic E-state index is 0.0110. The summed E-state index contributed by atoms with van der Waals surface area (Å²) in [5.74, 6) is 1.38. The molecule has 1 aromatic heterocycles. The van der Waals surface area contributed by atoms with Gasteiger partial charge in [-0.05, 0) is 69.0 Å². The Morgan fingerprint density at radius 1 is 1.24 bits per heavy atom. The highest BCUT2D eigenvalue weighted by atomic mass is 16.5. The monoisotopic (exact) mass is 341 g/mol. The van der Waals surface area contributed by atoms with Crippen LogP contribution in [-0.4, -0.2) is 48.6 Å². The molecule has 2 aliphatic rings. The Labute approximate surface area is 148 Å². The number of rotatable bonds is 4. The van der Waals surface area contributed by atoms with Crippen molar-refractivity contribution in [2.45, 2.75) is 38.1 Å². The second-order valence-electron chi connectivity index (χ2n) is 7.35. The third-order valence-corrected chi connectivity index (χ3v) is 5.83. The zero-order valence-electron chi connectivity index (χ0n) is 14.9. The molecule has 0 radical (unpaired) electrons. The van der Waals surface area contributed by atoms with Crippen molar-refractivity contribution in [2.75, 3.05) is 26.7 Å². The standard InChI is InChI=1S/C20H27N3O2/c1-25-16-7-8-17-15(11-16)12-18(22-17)20(24)21-13-14-5-4-10-23-9-3-2-6-19(14)23/h7-8,11-12,14,19,22H,2-6,9-10,13H2,1H3,(H,21,24)/t14-,19+/m1/s1. The molecule has 3 heterocycles. The van der Waals surface area contributed by atoms with Crippen molar-refractivity contribution in [3.63, 3.8) is 0 Å². The highest BCUT2D eigenvalue weighted by Crippen LogP contribution is 2.30. The van der Waals surface area contributed by atoms with Gasteiger partial charge >= 0.3 is 0 Å². The van der Waals surface area contributed by atoms with Crippen molar-refractivity contribution in [3.05, 3.63) is 30.0 Å². The summed E-state index contributed by atoms with van der Waals surface area (Å²) < 4.78 is 5.25. The summed E-state index contributed by atoms with van der Waals surface area (Å²) in [5, 5.41) is 4.16. The fraction of sp³-hybridized carbons (Fsp3) is 0.550. The maximum absolute atomic E-state index is 12.6. The normalized spacial score (nSPS) is 24.0. The molecule has 0 unspecified atom stereocenters. The summed E-state index contributed by atoms with van der Waals surface area (Å²) in [6.45, 7) is 3.25. The average Bonchev–Trinajstić information content (AvgIpc) is 3.09. The van der Waals surface area contributed by atoms with Crippen LogP contribution in [0.4, 0.5) is 0 Å². The number of piperidine rings is 2. The number of aromatic amines is 1. The fourth-order valence-electron chi connectivity index (χ4n) is 4.49. The first-order valence-electron chi connectivity index (χ1n) is 9.43. The summed E-state index contributed by atoms with van der Waals surface area (Å²) in [5.41, 5.74) is 1.58. The van der Waals surface area contributed by atoms with Gasteiger partial charge in [0.05, 0.1) is 7.11 Å². The van der Waals surface area contributed by atoms with E-state index in [1.165, 1.54) is 45.2 Å². The molecule has 4 rings (SSSR count). The summed E-state index contributed by atoms with van der Waals surface area (Å²) in [7, 11) is 1.65. The number of nitrogens with zero attached hydrogens (tertiary/aromatic N) is 1. The molecular formula is C20H27N3O2. The molecule has 2 atom stereocenters. The molecule has 2 aliphatic heterocycles. The van der Waals surface area contributed by atoms with Gasteiger partial charge in [-0.2, -0.15) is 0 Å². The van der Waals surface area contributed by atoms with E-state index >= 15 is 0 Å². The Hall–Kier alpha value is -2.01. The molecule has 0 spiro atoms. The molecule has 0 bridgehead atoms. The molecule has 0 saturated carbocycles. The summed E-state index contributed by atoms with van der Waals surface area (Å²) in [6, 6.07) is 8.37. The number of hydrogen-bond acceptors (Lipinski definition) is 3. The Morgan fingerprint density at radius 2 is 2.12 bits per heavy atom. The van der Waals surface area contributed by atoms with Crippen LogP contribution < -0.4 is 10.1 Å². The molecule has 2 fully saturated rings. The zero-order chi connectivity index (χ0) is 17.2. The van der Waals surface area contributed by atoms with E-state index < -0.39 is 0 Å². The van der Waals surface area contributed by atoms with Crippen molar-refractivity contribution < 1.29 is 9.53 Å². The quantitative estimate of drug-likeness (QED) is 0.898. The highest BCUT2D eigenvalue weighted by Gasteiger charge is 2.33. The van der Waals surface area contributed by atoms with E-state index in [-0.39, 0.29) is 5.91 Å². The van der Waals surface area contributed by atoms with Gasteiger partial charge in [0.1, 0.15) is 11.4 Å². The molecule has 1 aromatic carbocycles. The number of methoxy groups -OCH3 is 1. The van der Waals surface area contributed by atoms with Crippen LogP contribution in [0.15, 0.2) is 24.3 Å². The predicted octanol–water partition coefficient (Wildman–Crippen LogP) is 3.17. The minimum atomic E-state index is -0.0110. The number of benzene rings is 1. The van der Waals surface area contributed by atoms with E-state index in [1.54, 1.807) is 7.11 Å². The number of carbonyl (C=O) groups is 1. The lowest BCUT2D eigenvalue weighted by Gasteiger charge is -2.44. The third kappa shape index (κ3) is 3.38. The van der Waals surface area contributed by atoms with Gasteiger partial charge < -0.3 is 19.9 Å². The van der Waals surface area contributed by atoms with Gasteiger partial charge in [0.2, 0.25) is 0 Å². The molecular weight excluding hydrogens is 314 g/mol. The smallest absolute Gasteiger partial charge is 0.267 e. The van der Waals surface area contributed by atoms with Crippen LogP contribution in [0.5, 0.6) is 5.75 Å². The van der Waals surface area contributed by atoms with Crippen LogP contribution in [0.25, 0.3) is 10.9 Å². The number of nitrogens with one attached hydrogen (secondary N) is 2. The number of aromatic nitrogens is 1. The lowest BCUT2D eigenvalue weighted by atomic mass is 9.83. The van der Waals surface area contributed by atoms with Crippen LogP contribution in [-0.2, 0) is 0 Å². The second-order valence-corrected chi connectivity index (χ2v) is 7.35. The minimum Gasteiger partial charge on any atom is -0.497 e. The number of carbonyl (C=O) groups excluding carboxylic acids is 1. The van der Waals surface area contributed by atoms with E-state index in [0.29, 0.717) is 17.7 Å². The van der Waals surface area contributed by atoms with E-state index in [2.05, 4.69) is 15.2 Å². The van der Waals surface area contributed by atoms with Gasteiger partial charge in [0, 0.05) is 23.5 Å². The summed E-state index contributed by atoms with van der Waals surface area (Å²) in [4.78, 5) is 18.4. The van der Waals surface area contributed by atoms with Gasteiger partial charge in [-0.1, -0.05) is 6.42 Å². The van der Waals surface area contributed by atoms with Gasteiger partial charge in [-0.25, -0.2) is 0 Å². The number of H-pyrrole nitrogens is 1. The Bertz CT molecular complexity index is 752. The maximum atomic E-state index is 12.6. The van der Waals surface area contributed by atoms with Crippen LogP contribution in [0, 0.1) is 5.92 Å². The first kappa shape index (κ1) is 16.5. The molecule has 5 nitrogen and oxygen atoms in total. The van der Waals surface area contributed by atoms with Gasteiger partial charge in [0.15, 0.2) is 0 Å². The predicted molar refractivity (Wildman–Crippen MR) is 99.1 cm³/mol. The van der Waals surface area contributed by atoms with Crippen LogP contribution in [0.3, 0.4) is 0 Å². The molecule has 25 heavy (non-hydrogen) atoms. The maximum Gasteiger partial charge on any atom is 0.267 e. The lowest BCUT2D eigenvalue weighted by Crippen LogP contribution is -2.51. The number of ether oxygens (including phenoxy) is 1. The first-order valence-corrected chi connectivity index (χ1v) is 9.43. The summed E-state index contributed by atoms with van der Waals surface area (Å²) >= 11 is 0. The van der Waals surface area contributed by atoms with E-state index in [0.717, 1.165) is 23.2 Å². The SMILES string of the molecule is COc1ccc2[nH]c(C(=O)NC[C@H]3CCCN4CCCC[C@@H]34)cc2c1. The van der Waals surface area contributed by atoms with Crippen molar-refractivity contribution in [3.8, 4) is 5.75 Å². The summed E-state index contributed by atoms with van der Waals surface area (Å²) in [6.07, 6.45) is 6.42. The van der Waals surface area contributed by atoms with Crippen molar-refractivity contribution >= 4 is 16.8 Å². The van der Waals surface area contributed by atoms with Gasteiger partial charge in [-0.3, -0.25) is 4.79 Å². The molecule has 2 N–H and O–H groups in total. The molecule has 134 valence electrons.